The van der Waals surface area contributed by atoms with E-state index < -0.39 is 40.1 Å². The normalized spacial score (nSPS) is 17.3. The van der Waals surface area contributed by atoms with Gasteiger partial charge in [-0.3, -0.25) is 9.52 Å². The highest BCUT2D eigenvalue weighted by molar-refractivity contribution is 7.92. The molecule has 9 nitrogen and oxygen atoms in total. The molecule has 13 heteroatoms. The van der Waals surface area contributed by atoms with E-state index in [1.54, 1.807) is 6.07 Å². The van der Waals surface area contributed by atoms with Gasteiger partial charge in [-0.05, 0) is 48.9 Å². The minimum absolute atomic E-state index is 0.0154. The number of hydrogen-bond acceptors (Lipinski definition) is 6. The molecule has 1 aromatic carbocycles. The number of amides is 3. The van der Waals surface area contributed by atoms with E-state index in [4.69, 9.17) is 0 Å². The van der Waals surface area contributed by atoms with Crippen molar-refractivity contribution in [3.05, 3.63) is 48.2 Å². The number of anilines is 2. The van der Waals surface area contributed by atoms with Gasteiger partial charge < -0.3 is 9.64 Å². The molecule has 1 fully saturated rings. The van der Waals surface area contributed by atoms with Crippen LogP contribution in [-0.2, 0) is 21.4 Å². The molecule has 0 aliphatic carbocycles. The fourth-order valence-corrected chi connectivity index (χ4v) is 3.45. The van der Waals surface area contributed by atoms with Crippen molar-refractivity contribution < 1.29 is 35.9 Å². The highest BCUT2D eigenvalue weighted by atomic mass is 32.2. The molecule has 166 valence electrons. The summed E-state index contributed by atoms with van der Waals surface area (Å²) in [4.78, 5) is 31.5. The van der Waals surface area contributed by atoms with E-state index >= 15 is 0 Å². The largest absolute Gasteiger partial charge is 0.573 e. The molecule has 3 rings (SSSR count). The maximum atomic E-state index is 12.9. The fraction of sp³-hybridized carbons (Fsp3) is 0.278. The molecule has 0 radical (unpaired) electrons. The summed E-state index contributed by atoms with van der Waals surface area (Å²) in [5.41, 5.74) is 0.609. The molecule has 0 spiro atoms. The molecule has 1 N–H and O–H groups in total. The number of imide groups is 1. The van der Waals surface area contributed by atoms with Gasteiger partial charge in [0.1, 0.15) is 17.6 Å². The smallest absolute Gasteiger partial charge is 0.406 e. The van der Waals surface area contributed by atoms with Crippen molar-refractivity contribution in [3.63, 3.8) is 0 Å². The Morgan fingerprint density at radius 1 is 1.16 bits per heavy atom. The Bertz CT molecular complexity index is 1110. The number of pyridine rings is 1. The Balaban J connectivity index is 1.79. The Morgan fingerprint density at radius 3 is 2.39 bits per heavy atom. The van der Waals surface area contributed by atoms with Gasteiger partial charge in [0, 0.05) is 12.7 Å². The number of benzene rings is 1. The highest BCUT2D eigenvalue weighted by Gasteiger charge is 2.43. The summed E-state index contributed by atoms with van der Waals surface area (Å²) in [6.45, 7) is 1.50. The van der Waals surface area contributed by atoms with Crippen LogP contribution in [0.25, 0.3) is 0 Å². The number of urea groups is 1. The van der Waals surface area contributed by atoms with E-state index in [-0.39, 0.29) is 18.1 Å². The van der Waals surface area contributed by atoms with Crippen LogP contribution in [0, 0.1) is 0 Å². The number of halogens is 3. The first-order valence-corrected chi connectivity index (χ1v) is 10.7. The average molecular weight is 458 g/mol. The van der Waals surface area contributed by atoms with Gasteiger partial charge in [0.15, 0.2) is 0 Å². The summed E-state index contributed by atoms with van der Waals surface area (Å²) in [6.07, 6.45) is -2.54. The van der Waals surface area contributed by atoms with Crippen molar-refractivity contribution in [1.29, 1.82) is 0 Å². The number of sulfonamides is 1. The average Bonchev–Trinajstić information content (AvgIpc) is 2.84. The second-order valence-corrected chi connectivity index (χ2v) is 8.47. The monoisotopic (exact) mass is 458 g/mol. The SMILES string of the molecule is CC1C(=O)N(c2ccc(OC(F)(F)F)cc2)C(=O)N1Cc1ccnc(NS(C)(=O)=O)c1. The molecule has 3 amide bonds. The fourth-order valence-electron chi connectivity index (χ4n) is 2.96. The maximum absolute atomic E-state index is 12.9. The lowest BCUT2D eigenvalue weighted by Gasteiger charge is -2.20. The summed E-state index contributed by atoms with van der Waals surface area (Å²) in [5, 5.41) is 0. The van der Waals surface area contributed by atoms with Crippen molar-refractivity contribution in [3.8, 4) is 5.75 Å². The van der Waals surface area contributed by atoms with E-state index in [0.717, 1.165) is 23.3 Å². The maximum Gasteiger partial charge on any atom is 0.573 e. The second kappa shape index (κ2) is 8.06. The van der Waals surface area contributed by atoms with Crippen LogP contribution in [0.1, 0.15) is 12.5 Å². The summed E-state index contributed by atoms with van der Waals surface area (Å²) in [5.74, 6) is -0.983. The number of hydrogen-bond donors (Lipinski definition) is 1. The molecule has 1 saturated heterocycles. The van der Waals surface area contributed by atoms with Gasteiger partial charge in [0.25, 0.3) is 5.91 Å². The van der Waals surface area contributed by atoms with E-state index in [0.29, 0.717) is 5.56 Å². The highest BCUT2D eigenvalue weighted by Crippen LogP contribution is 2.30. The summed E-state index contributed by atoms with van der Waals surface area (Å²) < 4.78 is 65.7. The quantitative estimate of drug-likeness (QED) is 0.667. The van der Waals surface area contributed by atoms with Gasteiger partial charge in [-0.2, -0.15) is 0 Å². The third-order valence-corrected chi connectivity index (χ3v) is 4.86. The van der Waals surface area contributed by atoms with Crippen LogP contribution < -0.4 is 14.4 Å². The second-order valence-electron chi connectivity index (χ2n) is 6.73. The third-order valence-electron chi connectivity index (χ3n) is 4.28. The van der Waals surface area contributed by atoms with Crippen molar-refractivity contribution in [2.75, 3.05) is 15.9 Å². The zero-order valence-corrected chi connectivity index (χ0v) is 17.1. The molecule has 0 bridgehead atoms. The van der Waals surface area contributed by atoms with E-state index in [9.17, 15) is 31.2 Å². The van der Waals surface area contributed by atoms with Gasteiger partial charge in [-0.25, -0.2) is 23.1 Å². The molecule has 1 atom stereocenters. The number of rotatable bonds is 6. The van der Waals surface area contributed by atoms with Crippen LogP contribution in [0.2, 0.25) is 0 Å². The molecule has 1 unspecified atom stereocenters. The predicted octanol–water partition coefficient (Wildman–Crippen LogP) is 2.71. The first-order valence-electron chi connectivity index (χ1n) is 8.77. The Hall–Kier alpha value is -3.35. The summed E-state index contributed by atoms with van der Waals surface area (Å²) in [6, 6.07) is 5.82. The number of ether oxygens (including phenoxy) is 1. The van der Waals surface area contributed by atoms with Crippen molar-refractivity contribution in [1.82, 2.24) is 9.88 Å². The van der Waals surface area contributed by atoms with E-state index in [1.807, 2.05) is 0 Å². The minimum Gasteiger partial charge on any atom is -0.406 e. The van der Waals surface area contributed by atoms with Crippen molar-refractivity contribution in [2.45, 2.75) is 25.9 Å². The van der Waals surface area contributed by atoms with Gasteiger partial charge in [0.2, 0.25) is 10.0 Å². The van der Waals surface area contributed by atoms with Gasteiger partial charge in [-0.1, -0.05) is 0 Å². The van der Waals surface area contributed by atoms with Crippen LogP contribution in [0.4, 0.5) is 29.5 Å². The van der Waals surface area contributed by atoms with E-state index in [2.05, 4.69) is 14.4 Å². The molecule has 31 heavy (non-hydrogen) atoms. The van der Waals surface area contributed by atoms with Crippen LogP contribution in [0.5, 0.6) is 5.75 Å². The molecular formula is C18H17F3N4O5S. The van der Waals surface area contributed by atoms with Crippen LogP contribution >= 0.6 is 0 Å². The topological polar surface area (TPSA) is 109 Å². The van der Waals surface area contributed by atoms with E-state index in [1.165, 1.54) is 36.2 Å². The number of alkyl halides is 3. The lowest BCUT2D eigenvalue weighted by Crippen LogP contribution is -2.33. The van der Waals surface area contributed by atoms with Crippen molar-refractivity contribution >= 4 is 33.5 Å². The molecule has 1 aliphatic rings. The molecule has 1 aromatic heterocycles. The van der Waals surface area contributed by atoms with Crippen LogP contribution in [0.15, 0.2) is 42.6 Å². The van der Waals surface area contributed by atoms with Crippen LogP contribution in [-0.4, -0.2) is 48.9 Å². The summed E-state index contributed by atoms with van der Waals surface area (Å²) in [7, 11) is -3.55. The Labute approximate surface area is 175 Å². The third kappa shape index (κ3) is 5.42. The zero-order chi connectivity index (χ0) is 23.0. The van der Waals surface area contributed by atoms with Crippen molar-refractivity contribution in [2.24, 2.45) is 0 Å². The first-order chi connectivity index (χ1) is 14.3. The molecular weight excluding hydrogens is 441 g/mol. The van der Waals surface area contributed by atoms with Crippen LogP contribution in [0.3, 0.4) is 0 Å². The number of aromatic nitrogens is 1. The molecule has 0 saturated carbocycles. The standard InChI is InChI=1S/C18H17F3N4O5S/c1-11-16(26)25(13-3-5-14(6-4-13)30-18(19,20)21)17(27)24(11)10-12-7-8-22-15(9-12)23-31(2,28)29/h3-9,11H,10H2,1-2H3,(H,22,23). The molecule has 1 aliphatic heterocycles. The van der Waals surface area contributed by atoms with Gasteiger partial charge in [0.05, 0.1) is 11.9 Å². The number of nitrogens with one attached hydrogen (secondary N) is 1. The van der Waals surface area contributed by atoms with Gasteiger partial charge in [-0.15, -0.1) is 13.2 Å². The molecule has 2 aromatic rings. The zero-order valence-electron chi connectivity index (χ0n) is 16.3. The Kier molecular flexibility index (Phi) is 5.81. The summed E-state index contributed by atoms with van der Waals surface area (Å²) >= 11 is 0. The number of carbonyl (C=O) groups excluding carboxylic acids is 2. The lowest BCUT2D eigenvalue weighted by atomic mass is 10.2. The predicted molar refractivity (Wildman–Crippen MR) is 104 cm³/mol. The first kappa shape index (κ1) is 22.3. The molecule has 2 heterocycles. The lowest BCUT2D eigenvalue weighted by molar-refractivity contribution is -0.274. The number of carbonyl (C=O) groups is 2. The van der Waals surface area contributed by atoms with Gasteiger partial charge >= 0.3 is 12.4 Å². The number of nitrogens with zero attached hydrogens (tertiary/aromatic N) is 3. The Morgan fingerprint density at radius 2 is 1.81 bits per heavy atom. The minimum atomic E-state index is -4.86.